The molecule has 0 saturated carbocycles. The molecule has 7 nitrogen and oxygen atoms in total. The zero-order chi connectivity index (χ0) is 16.2. The van der Waals surface area contributed by atoms with Crippen molar-refractivity contribution in [1.82, 2.24) is 19.9 Å². The number of ketones is 1. The number of carbonyl (C=O) groups is 2. The number of aromatic nitrogens is 4. The average Bonchev–Trinajstić information content (AvgIpc) is 3.02. The van der Waals surface area contributed by atoms with Gasteiger partial charge in [-0.2, -0.15) is 0 Å². The number of carbonyl (C=O) groups excluding carboxylic acids is 2. The Hall–Kier alpha value is -2.74. The minimum absolute atomic E-state index is 0.0179. The predicted molar refractivity (Wildman–Crippen MR) is 87.5 cm³/mol. The first-order valence-electron chi connectivity index (χ1n) is 6.81. The van der Waals surface area contributed by atoms with Crippen LogP contribution in [0.3, 0.4) is 0 Å². The van der Waals surface area contributed by atoms with Crippen molar-refractivity contribution in [2.24, 2.45) is 0 Å². The van der Waals surface area contributed by atoms with Crippen LogP contribution in [0.15, 0.2) is 41.9 Å². The number of H-pyrrole nitrogens is 1. The third-order valence-electron chi connectivity index (χ3n) is 3.06. The van der Waals surface area contributed by atoms with Crippen LogP contribution in [-0.2, 0) is 4.79 Å². The van der Waals surface area contributed by atoms with Crippen LogP contribution >= 0.6 is 11.8 Å². The quantitative estimate of drug-likeness (QED) is 0.423. The van der Waals surface area contributed by atoms with Gasteiger partial charge in [-0.05, 0) is 24.3 Å². The molecule has 0 spiro atoms. The summed E-state index contributed by atoms with van der Waals surface area (Å²) in [5, 5.41) is 3.35. The molecule has 0 unspecified atom stereocenters. The Morgan fingerprint density at radius 2 is 1.96 bits per heavy atom. The van der Waals surface area contributed by atoms with Crippen LogP contribution in [-0.4, -0.2) is 37.4 Å². The molecule has 2 heterocycles. The molecule has 0 saturated heterocycles. The van der Waals surface area contributed by atoms with Crippen molar-refractivity contribution in [2.75, 3.05) is 11.1 Å². The van der Waals surface area contributed by atoms with Crippen LogP contribution in [0, 0.1) is 0 Å². The second-order valence-corrected chi connectivity index (χ2v) is 5.71. The van der Waals surface area contributed by atoms with Crippen molar-refractivity contribution in [1.29, 1.82) is 0 Å². The molecule has 1 amide bonds. The Balaban J connectivity index is 1.67. The molecule has 3 rings (SSSR count). The van der Waals surface area contributed by atoms with E-state index in [2.05, 4.69) is 25.3 Å². The van der Waals surface area contributed by atoms with Crippen molar-refractivity contribution >= 4 is 40.3 Å². The summed E-state index contributed by atoms with van der Waals surface area (Å²) < 4.78 is 0. The van der Waals surface area contributed by atoms with Gasteiger partial charge in [-0.3, -0.25) is 9.59 Å². The number of aromatic amines is 1. The molecule has 2 aromatic heterocycles. The van der Waals surface area contributed by atoms with Crippen LogP contribution in [0.25, 0.3) is 11.2 Å². The zero-order valence-electron chi connectivity index (χ0n) is 12.2. The molecule has 2 N–H and O–H groups in total. The summed E-state index contributed by atoms with van der Waals surface area (Å²) in [7, 11) is 0. The first kappa shape index (κ1) is 15.2. The van der Waals surface area contributed by atoms with Gasteiger partial charge in [0, 0.05) is 18.2 Å². The summed E-state index contributed by atoms with van der Waals surface area (Å²) in [6.07, 6.45) is 2.98. The fourth-order valence-corrected chi connectivity index (χ4v) is 2.86. The molecule has 1 aromatic carbocycles. The molecule has 116 valence electrons. The lowest BCUT2D eigenvalue weighted by atomic mass is 10.1. The number of amides is 1. The fourth-order valence-electron chi connectivity index (χ4n) is 2.01. The lowest BCUT2D eigenvalue weighted by molar-refractivity contribution is -0.114. The summed E-state index contributed by atoms with van der Waals surface area (Å²) in [6.45, 7) is 1.44. The monoisotopic (exact) mass is 327 g/mol. The number of anilines is 1. The van der Waals surface area contributed by atoms with E-state index >= 15 is 0 Å². The SMILES string of the molecule is CC(=O)Nc1ccc(C(=O)CSc2ncnc3nc[nH]c23)cc1. The number of fused-ring (bicyclic) bond motifs is 1. The van der Waals surface area contributed by atoms with Crippen molar-refractivity contribution < 1.29 is 9.59 Å². The summed E-state index contributed by atoms with van der Waals surface area (Å²) in [5.74, 6) is 0.0903. The average molecular weight is 327 g/mol. The van der Waals surface area contributed by atoms with Crippen molar-refractivity contribution in [3.63, 3.8) is 0 Å². The molecule has 0 aliphatic heterocycles. The van der Waals surface area contributed by atoms with Gasteiger partial charge in [0.25, 0.3) is 0 Å². The van der Waals surface area contributed by atoms with E-state index in [1.165, 1.54) is 25.0 Å². The minimum atomic E-state index is -0.146. The Morgan fingerprint density at radius 3 is 2.70 bits per heavy atom. The molecule has 23 heavy (non-hydrogen) atoms. The van der Waals surface area contributed by atoms with Crippen LogP contribution in [0.2, 0.25) is 0 Å². The molecular weight excluding hydrogens is 314 g/mol. The molecule has 0 radical (unpaired) electrons. The largest absolute Gasteiger partial charge is 0.341 e. The number of imidazole rings is 1. The maximum Gasteiger partial charge on any atom is 0.221 e. The molecule has 0 aliphatic rings. The van der Waals surface area contributed by atoms with Gasteiger partial charge in [0.05, 0.1) is 12.1 Å². The van der Waals surface area contributed by atoms with E-state index in [0.29, 0.717) is 21.9 Å². The van der Waals surface area contributed by atoms with Gasteiger partial charge in [-0.25, -0.2) is 15.0 Å². The predicted octanol–water partition coefficient (Wildman–Crippen LogP) is 2.29. The Bertz CT molecular complexity index is 860. The summed E-state index contributed by atoms with van der Waals surface area (Å²) in [4.78, 5) is 38.5. The molecule has 8 heteroatoms. The lowest BCUT2D eigenvalue weighted by Gasteiger charge is -2.04. The Morgan fingerprint density at radius 1 is 1.17 bits per heavy atom. The summed E-state index contributed by atoms with van der Waals surface area (Å²) in [6, 6.07) is 6.80. The molecule has 0 aliphatic carbocycles. The standard InChI is InChI=1S/C15H13N5O2S/c1-9(21)20-11-4-2-10(3-5-11)12(22)6-23-15-13-14(17-7-16-13)18-8-19-15/h2-5,7-8H,6H2,1H3,(H,20,21)(H,16,17,18,19). The van der Waals surface area contributed by atoms with E-state index in [-0.39, 0.29) is 17.4 Å². The first-order chi connectivity index (χ1) is 11.1. The first-order valence-corrected chi connectivity index (χ1v) is 7.80. The van der Waals surface area contributed by atoms with Crippen LogP contribution in [0.4, 0.5) is 5.69 Å². The molecule has 0 atom stereocenters. The summed E-state index contributed by atoms with van der Waals surface area (Å²) >= 11 is 1.33. The van der Waals surface area contributed by atoms with E-state index in [1.54, 1.807) is 30.6 Å². The van der Waals surface area contributed by atoms with Crippen LogP contribution in [0.1, 0.15) is 17.3 Å². The van der Waals surface area contributed by atoms with E-state index in [4.69, 9.17) is 0 Å². The van der Waals surface area contributed by atoms with E-state index < -0.39 is 0 Å². The zero-order valence-corrected chi connectivity index (χ0v) is 13.1. The van der Waals surface area contributed by atoms with Crippen molar-refractivity contribution in [3.05, 3.63) is 42.5 Å². The van der Waals surface area contributed by atoms with Gasteiger partial charge >= 0.3 is 0 Å². The number of benzene rings is 1. The normalized spacial score (nSPS) is 10.7. The Labute approximate surface area is 135 Å². The van der Waals surface area contributed by atoms with Gasteiger partial charge in [0.2, 0.25) is 5.91 Å². The second-order valence-electron chi connectivity index (χ2n) is 4.75. The minimum Gasteiger partial charge on any atom is -0.341 e. The van der Waals surface area contributed by atoms with Gasteiger partial charge in [0.15, 0.2) is 11.4 Å². The summed E-state index contributed by atoms with van der Waals surface area (Å²) in [5.41, 5.74) is 2.55. The third-order valence-corrected chi connectivity index (χ3v) is 4.04. The van der Waals surface area contributed by atoms with Crippen molar-refractivity contribution in [2.45, 2.75) is 11.9 Å². The number of nitrogens with zero attached hydrogens (tertiary/aromatic N) is 3. The number of rotatable bonds is 5. The number of nitrogens with one attached hydrogen (secondary N) is 2. The lowest BCUT2D eigenvalue weighted by Crippen LogP contribution is -2.07. The van der Waals surface area contributed by atoms with Gasteiger partial charge in [-0.1, -0.05) is 11.8 Å². The van der Waals surface area contributed by atoms with E-state index in [9.17, 15) is 9.59 Å². The molecule has 3 aromatic rings. The second kappa shape index (κ2) is 6.57. The number of Topliss-reactive ketones (excluding diaryl/α,β-unsaturated/α-hetero) is 1. The maximum absolute atomic E-state index is 12.2. The Kier molecular flexibility index (Phi) is 4.33. The van der Waals surface area contributed by atoms with Gasteiger partial charge < -0.3 is 10.3 Å². The van der Waals surface area contributed by atoms with Gasteiger partial charge in [0.1, 0.15) is 16.9 Å². The topological polar surface area (TPSA) is 101 Å². The number of thioether (sulfide) groups is 1. The van der Waals surface area contributed by atoms with E-state index in [1.807, 2.05) is 0 Å². The number of hydrogen-bond acceptors (Lipinski definition) is 6. The fraction of sp³-hybridized carbons (Fsp3) is 0.133. The highest BCUT2D eigenvalue weighted by Gasteiger charge is 2.11. The highest BCUT2D eigenvalue weighted by Crippen LogP contribution is 2.23. The maximum atomic E-state index is 12.2. The van der Waals surface area contributed by atoms with Gasteiger partial charge in [-0.15, -0.1) is 0 Å². The van der Waals surface area contributed by atoms with E-state index in [0.717, 1.165) is 5.52 Å². The van der Waals surface area contributed by atoms with Crippen LogP contribution < -0.4 is 5.32 Å². The smallest absolute Gasteiger partial charge is 0.221 e. The third kappa shape index (κ3) is 3.54. The molecular formula is C15H13N5O2S. The van der Waals surface area contributed by atoms with Crippen LogP contribution in [0.5, 0.6) is 0 Å². The highest BCUT2D eigenvalue weighted by molar-refractivity contribution is 8.00. The molecule has 0 bridgehead atoms. The highest BCUT2D eigenvalue weighted by atomic mass is 32.2. The number of hydrogen-bond donors (Lipinski definition) is 2. The molecule has 0 fully saturated rings. The van der Waals surface area contributed by atoms with Crippen molar-refractivity contribution in [3.8, 4) is 0 Å².